The summed E-state index contributed by atoms with van der Waals surface area (Å²) in [5.41, 5.74) is 5.48. The van der Waals surface area contributed by atoms with Gasteiger partial charge in [-0.05, 0) is 12.8 Å². The normalized spacial score (nSPS) is 24.4. The Morgan fingerprint density at radius 1 is 1.41 bits per heavy atom. The molecule has 2 rings (SSSR count). The summed E-state index contributed by atoms with van der Waals surface area (Å²) in [6.45, 7) is 2.01. The van der Waals surface area contributed by atoms with Gasteiger partial charge in [-0.2, -0.15) is 0 Å². The van der Waals surface area contributed by atoms with Crippen molar-refractivity contribution >= 4 is 23.1 Å². The molecule has 17 heavy (non-hydrogen) atoms. The van der Waals surface area contributed by atoms with E-state index in [1.807, 2.05) is 4.90 Å². The molecule has 96 valence electrons. The summed E-state index contributed by atoms with van der Waals surface area (Å²) in [7, 11) is 0. The number of carbonyl (C=O) groups is 1. The molecule has 2 N–H and O–H groups in total. The first-order valence-corrected chi connectivity index (χ1v) is 6.37. The Morgan fingerprint density at radius 3 is 2.71 bits per heavy atom. The molecule has 0 aromatic heterocycles. The molecule has 0 aromatic carbocycles. The third-order valence-electron chi connectivity index (χ3n) is 2.96. The zero-order chi connectivity index (χ0) is 12.3. The van der Waals surface area contributed by atoms with Crippen molar-refractivity contribution in [3.63, 3.8) is 0 Å². The Hall–Kier alpha value is -0.720. The zero-order valence-corrected chi connectivity index (χ0v) is 10.6. The average molecular weight is 258 g/mol. The Morgan fingerprint density at radius 2 is 2.18 bits per heavy atom. The van der Waals surface area contributed by atoms with Crippen molar-refractivity contribution in [2.75, 3.05) is 26.4 Å². The topological polar surface area (TPSA) is 64.8 Å². The largest absolute Gasteiger partial charge is 0.393 e. The average Bonchev–Trinajstić information content (AvgIpc) is 3.14. The molecule has 0 spiro atoms. The van der Waals surface area contributed by atoms with Gasteiger partial charge in [-0.3, -0.25) is 4.79 Å². The number of nitrogens with zero attached hydrogens (tertiary/aromatic N) is 1. The molecular formula is C11H18N2O3S. The molecule has 0 bridgehead atoms. The molecule has 1 atom stereocenters. The van der Waals surface area contributed by atoms with E-state index < -0.39 is 6.10 Å². The summed E-state index contributed by atoms with van der Waals surface area (Å²) < 4.78 is 10.7. The smallest absolute Gasteiger partial charge is 0.254 e. The Bertz CT molecular complexity index is 301. The standard InChI is InChI=1S/C11H18N2O3S/c12-10(17)3-4-13(8-1-2-8)11(14)9-7-15-5-6-16-9/h8-9H,1-7H2,(H2,12,17). The molecule has 1 heterocycles. The van der Waals surface area contributed by atoms with Gasteiger partial charge in [0.2, 0.25) is 0 Å². The molecule has 0 radical (unpaired) electrons. The first kappa shape index (κ1) is 12.7. The van der Waals surface area contributed by atoms with Crippen molar-refractivity contribution in [2.45, 2.75) is 31.4 Å². The molecule has 1 amide bonds. The molecule has 1 aliphatic carbocycles. The summed E-state index contributed by atoms with van der Waals surface area (Å²) in [6, 6.07) is 0.349. The van der Waals surface area contributed by atoms with Gasteiger partial charge in [-0.15, -0.1) is 0 Å². The highest BCUT2D eigenvalue weighted by atomic mass is 32.1. The Balaban J connectivity index is 1.89. The van der Waals surface area contributed by atoms with Gasteiger partial charge >= 0.3 is 0 Å². The zero-order valence-electron chi connectivity index (χ0n) is 9.76. The van der Waals surface area contributed by atoms with Crippen LogP contribution in [-0.2, 0) is 14.3 Å². The summed E-state index contributed by atoms with van der Waals surface area (Å²) in [6.07, 6.45) is 2.26. The van der Waals surface area contributed by atoms with Gasteiger partial charge in [-0.25, -0.2) is 0 Å². The molecular weight excluding hydrogens is 240 g/mol. The van der Waals surface area contributed by atoms with Gasteiger partial charge in [0.25, 0.3) is 5.91 Å². The first-order chi connectivity index (χ1) is 8.18. The van der Waals surface area contributed by atoms with Crippen molar-refractivity contribution in [1.29, 1.82) is 0 Å². The van der Waals surface area contributed by atoms with Crippen molar-refractivity contribution < 1.29 is 14.3 Å². The molecule has 2 fully saturated rings. The summed E-state index contributed by atoms with van der Waals surface area (Å²) in [4.78, 5) is 14.5. The van der Waals surface area contributed by atoms with Crippen LogP contribution >= 0.6 is 12.2 Å². The quantitative estimate of drug-likeness (QED) is 0.707. The van der Waals surface area contributed by atoms with Crippen molar-refractivity contribution in [3.05, 3.63) is 0 Å². The lowest BCUT2D eigenvalue weighted by Gasteiger charge is -2.29. The number of hydrogen-bond acceptors (Lipinski definition) is 4. The van der Waals surface area contributed by atoms with E-state index in [9.17, 15) is 4.79 Å². The predicted octanol–water partition coefficient (Wildman–Crippen LogP) is 0.0690. The van der Waals surface area contributed by atoms with Gasteiger partial charge in [0, 0.05) is 19.0 Å². The fraction of sp³-hybridized carbons (Fsp3) is 0.818. The van der Waals surface area contributed by atoms with E-state index >= 15 is 0 Å². The van der Waals surface area contributed by atoms with Crippen LogP contribution in [0.4, 0.5) is 0 Å². The number of amides is 1. The van der Waals surface area contributed by atoms with Gasteiger partial charge in [-0.1, -0.05) is 12.2 Å². The fourth-order valence-electron chi connectivity index (χ4n) is 1.90. The van der Waals surface area contributed by atoms with Crippen LogP contribution in [0.5, 0.6) is 0 Å². The van der Waals surface area contributed by atoms with Gasteiger partial charge in [0.1, 0.15) is 0 Å². The molecule has 2 aliphatic rings. The van der Waals surface area contributed by atoms with Crippen LogP contribution in [0.1, 0.15) is 19.3 Å². The van der Waals surface area contributed by atoms with Crippen LogP contribution in [0.2, 0.25) is 0 Å². The van der Waals surface area contributed by atoms with Crippen LogP contribution in [0.25, 0.3) is 0 Å². The maximum atomic E-state index is 12.2. The van der Waals surface area contributed by atoms with E-state index in [0.717, 1.165) is 12.8 Å². The minimum atomic E-state index is -0.448. The fourth-order valence-corrected chi connectivity index (χ4v) is 2.00. The Labute approximate surface area is 106 Å². The van der Waals surface area contributed by atoms with Gasteiger partial charge < -0.3 is 20.1 Å². The van der Waals surface area contributed by atoms with Crippen molar-refractivity contribution in [3.8, 4) is 0 Å². The van der Waals surface area contributed by atoms with E-state index in [0.29, 0.717) is 43.8 Å². The lowest BCUT2D eigenvalue weighted by molar-refractivity contribution is -0.158. The van der Waals surface area contributed by atoms with E-state index in [4.69, 9.17) is 27.4 Å². The summed E-state index contributed by atoms with van der Waals surface area (Å²) in [5.74, 6) is 0.0171. The molecule has 1 saturated carbocycles. The van der Waals surface area contributed by atoms with Crippen molar-refractivity contribution in [2.24, 2.45) is 5.73 Å². The highest BCUT2D eigenvalue weighted by Gasteiger charge is 2.36. The maximum absolute atomic E-state index is 12.2. The Kier molecular flexibility index (Phi) is 4.31. The molecule has 6 heteroatoms. The third kappa shape index (κ3) is 3.62. The molecule has 0 aromatic rings. The highest BCUT2D eigenvalue weighted by molar-refractivity contribution is 7.80. The molecule has 5 nitrogen and oxygen atoms in total. The molecule has 1 saturated heterocycles. The highest BCUT2D eigenvalue weighted by Crippen LogP contribution is 2.28. The predicted molar refractivity (Wildman–Crippen MR) is 66.7 cm³/mol. The van der Waals surface area contributed by atoms with E-state index in [1.54, 1.807) is 0 Å². The number of nitrogens with two attached hydrogens (primary N) is 1. The second-order valence-electron chi connectivity index (χ2n) is 4.41. The van der Waals surface area contributed by atoms with Crippen LogP contribution in [-0.4, -0.2) is 54.3 Å². The van der Waals surface area contributed by atoms with E-state index in [-0.39, 0.29) is 5.91 Å². The number of thiocarbonyl (C=S) groups is 1. The number of rotatable bonds is 5. The van der Waals surface area contributed by atoms with Crippen molar-refractivity contribution in [1.82, 2.24) is 4.90 Å². The monoisotopic (exact) mass is 258 g/mol. The lowest BCUT2D eigenvalue weighted by atomic mass is 10.2. The van der Waals surface area contributed by atoms with Crippen LogP contribution < -0.4 is 5.73 Å². The third-order valence-corrected chi connectivity index (χ3v) is 3.17. The minimum absolute atomic E-state index is 0.0171. The summed E-state index contributed by atoms with van der Waals surface area (Å²) >= 11 is 4.85. The van der Waals surface area contributed by atoms with E-state index in [1.165, 1.54) is 0 Å². The number of ether oxygens (including phenoxy) is 2. The number of carbonyl (C=O) groups excluding carboxylic acids is 1. The maximum Gasteiger partial charge on any atom is 0.254 e. The SMILES string of the molecule is NC(=S)CCN(C(=O)C1COCCO1)C1CC1. The van der Waals surface area contributed by atoms with Gasteiger partial charge in [0.05, 0.1) is 24.8 Å². The van der Waals surface area contributed by atoms with Crippen LogP contribution in [0.3, 0.4) is 0 Å². The summed E-state index contributed by atoms with van der Waals surface area (Å²) in [5, 5.41) is 0. The number of hydrogen-bond donors (Lipinski definition) is 1. The van der Waals surface area contributed by atoms with Gasteiger partial charge in [0.15, 0.2) is 6.10 Å². The molecule has 1 unspecified atom stereocenters. The van der Waals surface area contributed by atoms with E-state index in [2.05, 4.69) is 0 Å². The first-order valence-electron chi connectivity index (χ1n) is 5.96. The second-order valence-corrected chi connectivity index (χ2v) is 4.94. The van der Waals surface area contributed by atoms with Crippen LogP contribution in [0.15, 0.2) is 0 Å². The molecule has 1 aliphatic heterocycles. The minimum Gasteiger partial charge on any atom is -0.393 e. The second kappa shape index (κ2) is 5.75. The lowest BCUT2D eigenvalue weighted by Crippen LogP contribution is -2.47. The van der Waals surface area contributed by atoms with Crippen LogP contribution in [0, 0.1) is 0 Å².